The van der Waals surface area contributed by atoms with Crippen LogP contribution < -0.4 is 5.32 Å². The number of rotatable bonds is 6. The molecule has 1 amide bonds. The van der Waals surface area contributed by atoms with E-state index in [-0.39, 0.29) is 45.1 Å². The summed E-state index contributed by atoms with van der Waals surface area (Å²) < 4.78 is 4.83. The van der Waals surface area contributed by atoms with E-state index in [4.69, 9.17) is 27.9 Å². The summed E-state index contributed by atoms with van der Waals surface area (Å²) in [5.41, 5.74) is 0.237. The van der Waals surface area contributed by atoms with Crippen LogP contribution in [0.1, 0.15) is 31.1 Å². The average Bonchev–Trinajstić information content (AvgIpc) is 2.50. The smallest absolute Gasteiger partial charge is 0.343 e. The normalized spacial score (nSPS) is 12.0. The lowest BCUT2D eigenvalue weighted by atomic mass is 10.2. The van der Waals surface area contributed by atoms with Gasteiger partial charge in [-0.2, -0.15) is 0 Å². The molecule has 1 rings (SSSR count). The Morgan fingerprint density at radius 2 is 2.00 bits per heavy atom. The Morgan fingerprint density at radius 3 is 2.54 bits per heavy atom. The van der Waals surface area contributed by atoms with Crippen LogP contribution in [0.2, 0.25) is 10.0 Å². The van der Waals surface area contributed by atoms with Gasteiger partial charge in [0.25, 0.3) is 5.91 Å². The van der Waals surface area contributed by atoms with Gasteiger partial charge in [-0.05, 0) is 32.9 Å². The summed E-state index contributed by atoms with van der Waals surface area (Å²) in [6, 6.07) is 2.87. The van der Waals surface area contributed by atoms with E-state index in [0.717, 1.165) is 6.21 Å². The molecule has 24 heavy (non-hydrogen) atoms. The lowest BCUT2D eigenvalue weighted by Crippen LogP contribution is -2.23. The largest absolute Gasteiger partial charge is 0.512 e. The predicted molar refractivity (Wildman–Crippen MR) is 94.6 cm³/mol. The van der Waals surface area contributed by atoms with Crippen molar-refractivity contribution in [3.05, 3.63) is 39.1 Å². The molecule has 1 aromatic rings. The number of benzene rings is 1. The van der Waals surface area contributed by atoms with Gasteiger partial charge in [-0.1, -0.05) is 23.2 Å². The fourth-order valence-electron chi connectivity index (χ4n) is 1.73. The lowest BCUT2D eigenvalue weighted by molar-refractivity contribution is -0.138. The van der Waals surface area contributed by atoms with Gasteiger partial charge in [-0.15, -0.1) is 0 Å². The third kappa shape index (κ3) is 5.25. The molecule has 0 atom stereocenters. The van der Waals surface area contributed by atoms with Gasteiger partial charge in [0.15, 0.2) is 0 Å². The number of esters is 1. The van der Waals surface area contributed by atoms with E-state index in [9.17, 15) is 14.7 Å². The van der Waals surface area contributed by atoms with Crippen molar-refractivity contribution in [2.75, 3.05) is 13.2 Å². The van der Waals surface area contributed by atoms with Crippen LogP contribution in [0.4, 0.5) is 5.69 Å². The Bertz CT molecular complexity index is 696. The molecule has 6 nitrogen and oxygen atoms in total. The van der Waals surface area contributed by atoms with E-state index in [1.54, 1.807) is 13.8 Å². The first-order valence-corrected chi connectivity index (χ1v) is 7.95. The molecule has 130 valence electrons. The van der Waals surface area contributed by atoms with Crippen LogP contribution in [0.15, 0.2) is 28.5 Å². The molecule has 0 radical (unpaired) electrons. The molecule has 0 fully saturated rings. The first-order chi connectivity index (χ1) is 11.3. The zero-order chi connectivity index (χ0) is 18.3. The number of nitrogens with zero attached hydrogens (tertiary/aromatic N) is 1. The Labute approximate surface area is 150 Å². The monoisotopic (exact) mass is 372 g/mol. The van der Waals surface area contributed by atoms with Crippen LogP contribution in [-0.4, -0.2) is 36.3 Å². The Morgan fingerprint density at radius 1 is 1.33 bits per heavy atom. The third-order valence-corrected chi connectivity index (χ3v) is 3.43. The van der Waals surface area contributed by atoms with E-state index in [2.05, 4.69) is 10.3 Å². The molecule has 0 aromatic heterocycles. The highest BCUT2D eigenvalue weighted by molar-refractivity contribution is 6.38. The number of ether oxygens (including phenoxy) is 1. The Balaban J connectivity index is 3.25. The van der Waals surface area contributed by atoms with E-state index in [1.807, 2.05) is 0 Å². The molecule has 0 spiro atoms. The van der Waals surface area contributed by atoms with Crippen molar-refractivity contribution in [1.82, 2.24) is 5.32 Å². The highest BCUT2D eigenvalue weighted by atomic mass is 35.5. The molecule has 0 bridgehead atoms. The van der Waals surface area contributed by atoms with E-state index in [0.29, 0.717) is 6.54 Å². The number of aliphatic hydroxyl groups excluding tert-OH is 1. The minimum Gasteiger partial charge on any atom is -0.512 e. The highest BCUT2D eigenvalue weighted by Crippen LogP contribution is 2.32. The standard InChI is InChI=1S/C16H18Cl2N2O4/c1-4-19-15(22)11-6-10(17)7-13(14(11)18)20-8-12(9(3)21)16(23)24-5-2/h6-8,21H,4-5H2,1-3H3,(H,19,22). The van der Waals surface area contributed by atoms with Crippen LogP contribution in [0.25, 0.3) is 0 Å². The van der Waals surface area contributed by atoms with Crippen LogP contribution in [0, 0.1) is 0 Å². The summed E-state index contributed by atoms with van der Waals surface area (Å²) in [4.78, 5) is 27.8. The van der Waals surface area contributed by atoms with Gasteiger partial charge in [-0.25, -0.2) is 4.79 Å². The first kappa shape index (κ1) is 20.0. The molecular formula is C16H18Cl2N2O4. The van der Waals surface area contributed by atoms with Gasteiger partial charge in [0, 0.05) is 17.8 Å². The molecule has 0 heterocycles. The van der Waals surface area contributed by atoms with Crippen molar-refractivity contribution in [3.8, 4) is 0 Å². The van der Waals surface area contributed by atoms with Gasteiger partial charge >= 0.3 is 5.97 Å². The Kier molecular flexibility index (Phi) is 7.74. The summed E-state index contributed by atoms with van der Waals surface area (Å²) in [6.45, 7) is 5.34. The summed E-state index contributed by atoms with van der Waals surface area (Å²) in [7, 11) is 0. The van der Waals surface area contributed by atoms with E-state index in [1.165, 1.54) is 19.1 Å². The van der Waals surface area contributed by atoms with Crippen LogP contribution in [-0.2, 0) is 9.53 Å². The molecular weight excluding hydrogens is 355 g/mol. The maximum atomic E-state index is 12.0. The van der Waals surface area contributed by atoms with Crippen LogP contribution in [0.5, 0.6) is 0 Å². The highest BCUT2D eigenvalue weighted by Gasteiger charge is 2.16. The summed E-state index contributed by atoms with van der Waals surface area (Å²) in [6.07, 6.45) is 1.12. The number of hydrogen-bond acceptors (Lipinski definition) is 5. The quantitative estimate of drug-likeness (QED) is 0.343. The van der Waals surface area contributed by atoms with Crippen molar-refractivity contribution in [3.63, 3.8) is 0 Å². The number of nitrogens with one attached hydrogen (secondary N) is 1. The number of hydrogen-bond donors (Lipinski definition) is 2. The van der Waals surface area contributed by atoms with Gasteiger partial charge in [0.05, 0.1) is 22.9 Å². The van der Waals surface area contributed by atoms with Crippen molar-refractivity contribution in [2.24, 2.45) is 4.99 Å². The van der Waals surface area contributed by atoms with E-state index >= 15 is 0 Å². The molecule has 0 aliphatic heterocycles. The minimum atomic E-state index is -0.719. The zero-order valence-corrected chi connectivity index (χ0v) is 15.0. The van der Waals surface area contributed by atoms with Crippen molar-refractivity contribution in [2.45, 2.75) is 20.8 Å². The number of aliphatic imine (C=N–C) groups is 1. The number of halogens is 2. The molecule has 0 saturated carbocycles. The second-order valence-corrected chi connectivity index (χ2v) is 5.44. The minimum absolute atomic E-state index is 0.0837. The lowest BCUT2D eigenvalue weighted by Gasteiger charge is -2.08. The number of amides is 1. The van der Waals surface area contributed by atoms with Crippen LogP contribution >= 0.6 is 23.2 Å². The molecule has 8 heteroatoms. The topological polar surface area (TPSA) is 88.0 Å². The maximum absolute atomic E-state index is 12.0. The van der Waals surface area contributed by atoms with Crippen LogP contribution in [0.3, 0.4) is 0 Å². The Hall–Kier alpha value is -2.05. The second-order valence-electron chi connectivity index (χ2n) is 4.62. The number of carbonyl (C=O) groups is 2. The first-order valence-electron chi connectivity index (χ1n) is 7.20. The molecule has 0 aliphatic carbocycles. The van der Waals surface area contributed by atoms with Gasteiger partial charge < -0.3 is 15.2 Å². The third-order valence-electron chi connectivity index (χ3n) is 2.82. The number of allylic oxidation sites excluding steroid dienone is 1. The summed E-state index contributed by atoms with van der Waals surface area (Å²) in [5.74, 6) is -1.36. The summed E-state index contributed by atoms with van der Waals surface area (Å²) >= 11 is 12.2. The average molecular weight is 373 g/mol. The fourth-order valence-corrected chi connectivity index (χ4v) is 2.18. The maximum Gasteiger partial charge on any atom is 0.343 e. The second kappa shape index (κ2) is 9.30. The van der Waals surface area contributed by atoms with Crippen molar-refractivity contribution < 1.29 is 19.4 Å². The number of carbonyl (C=O) groups excluding carboxylic acids is 2. The molecule has 0 unspecified atom stereocenters. The molecule has 2 N–H and O–H groups in total. The summed E-state index contributed by atoms with van der Waals surface area (Å²) in [5, 5.41) is 12.5. The van der Waals surface area contributed by atoms with Crippen molar-refractivity contribution >= 4 is 47.0 Å². The van der Waals surface area contributed by atoms with Gasteiger partial charge in [0.1, 0.15) is 11.3 Å². The van der Waals surface area contributed by atoms with E-state index < -0.39 is 5.97 Å². The SMILES string of the molecule is CCNC(=O)c1cc(Cl)cc(N=CC(C(=O)OCC)=C(C)O)c1Cl. The zero-order valence-electron chi connectivity index (χ0n) is 13.5. The number of aliphatic hydroxyl groups is 1. The molecule has 0 saturated heterocycles. The van der Waals surface area contributed by atoms with Gasteiger partial charge in [-0.3, -0.25) is 9.79 Å². The fraction of sp³-hybridized carbons (Fsp3) is 0.312. The molecule has 1 aromatic carbocycles. The predicted octanol–water partition coefficient (Wildman–Crippen LogP) is 3.84. The molecule has 0 aliphatic rings. The van der Waals surface area contributed by atoms with Crippen molar-refractivity contribution in [1.29, 1.82) is 0 Å². The van der Waals surface area contributed by atoms with Gasteiger partial charge in [0.2, 0.25) is 0 Å².